The standard InChI is InChI=1S/C24H21N3O4/c1-26-14-6-9-21(26)22(28)16-31-24(29)20-15-27(18-7-4-3-5-8-18)25-23(20)17-10-12-19(30-2)13-11-17/h3-15H,16H2,1-2H3. The first kappa shape index (κ1) is 20.2. The fourth-order valence-corrected chi connectivity index (χ4v) is 3.23. The van der Waals surface area contributed by atoms with Gasteiger partial charge in [-0.25, -0.2) is 9.48 Å². The first-order valence-electron chi connectivity index (χ1n) is 9.68. The number of rotatable bonds is 7. The van der Waals surface area contributed by atoms with Crippen molar-refractivity contribution in [3.63, 3.8) is 0 Å². The lowest BCUT2D eigenvalue weighted by molar-refractivity contribution is 0.0473. The van der Waals surface area contributed by atoms with Crippen molar-refractivity contribution in [1.82, 2.24) is 14.3 Å². The average molecular weight is 415 g/mol. The van der Waals surface area contributed by atoms with Crippen LogP contribution in [0.15, 0.2) is 79.1 Å². The number of ketones is 1. The van der Waals surface area contributed by atoms with Crippen LogP contribution < -0.4 is 4.74 Å². The summed E-state index contributed by atoms with van der Waals surface area (Å²) in [6.45, 7) is -0.352. The molecule has 31 heavy (non-hydrogen) atoms. The zero-order valence-corrected chi connectivity index (χ0v) is 17.2. The van der Waals surface area contributed by atoms with Crippen LogP contribution in [-0.4, -0.2) is 39.8 Å². The Morgan fingerprint density at radius 3 is 2.35 bits per heavy atom. The molecule has 2 heterocycles. The van der Waals surface area contributed by atoms with Crippen LogP contribution in [-0.2, 0) is 11.8 Å². The fourth-order valence-electron chi connectivity index (χ4n) is 3.23. The molecule has 7 heteroatoms. The van der Waals surface area contributed by atoms with Crippen molar-refractivity contribution in [1.29, 1.82) is 0 Å². The number of carbonyl (C=O) groups excluding carboxylic acids is 2. The van der Waals surface area contributed by atoms with Crippen molar-refractivity contribution in [3.05, 3.63) is 90.4 Å². The second kappa shape index (κ2) is 8.71. The minimum atomic E-state index is -0.615. The Kier molecular flexibility index (Phi) is 5.66. The molecular formula is C24H21N3O4. The van der Waals surface area contributed by atoms with Gasteiger partial charge < -0.3 is 14.0 Å². The van der Waals surface area contributed by atoms with Crippen LogP contribution in [0.4, 0.5) is 0 Å². The highest BCUT2D eigenvalue weighted by atomic mass is 16.5. The van der Waals surface area contributed by atoms with E-state index >= 15 is 0 Å². The van der Waals surface area contributed by atoms with E-state index in [1.54, 1.807) is 60.1 Å². The second-order valence-corrected chi connectivity index (χ2v) is 6.90. The van der Waals surface area contributed by atoms with Crippen LogP contribution >= 0.6 is 0 Å². The van der Waals surface area contributed by atoms with E-state index in [-0.39, 0.29) is 18.0 Å². The van der Waals surface area contributed by atoms with Gasteiger partial charge in [0.25, 0.3) is 0 Å². The van der Waals surface area contributed by atoms with Gasteiger partial charge in [-0.05, 0) is 48.5 Å². The lowest BCUT2D eigenvalue weighted by Gasteiger charge is -2.06. The molecule has 0 aliphatic heterocycles. The first-order valence-corrected chi connectivity index (χ1v) is 9.68. The SMILES string of the molecule is COc1ccc(-c2nn(-c3ccccc3)cc2C(=O)OCC(=O)c2cccn2C)cc1. The number of aromatic nitrogens is 3. The van der Waals surface area contributed by atoms with E-state index in [0.717, 1.165) is 11.3 Å². The number of methoxy groups -OCH3 is 1. The number of hydrogen-bond donors (Lipinski definition) is 0. The highest BCUT2D eigenvalue weighted by Crippen LogP contribution is 2.26. The maximum atomic E-state index is 12.9. The molecule has 0 unspecified atom stereocenters. The summed E-state index contributed by atoms with van der Waals surface area (Å²) in [4.78, 5) is 25.3. The molecule has 0 atom stereocenters. The van der Waals surface area contributed by atoms with Crippen LogP contribution in [0.2, 0.25) is 0 Å². The third-order valence-corrected chi connectivity index (χ3v) is 4.88. The Morgan fingerprint density at radius 1 is 0.968 bits per heavy atom. The quantitative estimate of drug-likeness (QED) is 0.338. The van der Waals surface area contributed by atoms with Crippen molar-refractivity contribution < 1.29 is 19.1 Å². The van der Waals surface area contributed by atoms with Gasteiger partial charge in [-0.1, -0.05) is 18.2 Å². The molecule has 2 aromatic heterocycles. The summed E-state index contributed by atoms with van der Waals surface area (Å²) in [5.74, 6) is -0.193. The predicted molar refractivity (Wildman–Crippen MR) is 116 cm³/mol. The Labute approximate surface area is 179 Å². The lowest BCUT2D eigenvalue weighted by Crippen LogP contribution is -2.16. The highest BCUT2D eigenvalue weighted by molar-refractivity contribution is 6.00. The number of esters is 1. The number of nitrogens with zero attached hydrogens (tertiary/aromatic N) is 3. The van der Waals surface area contributed by atoms with Gasteiger partial charge in [-0.15, -0.1) is 0 Å². The van der Waals surface area contributed by atoms with E-state index in [1.807, 2.05) is 42.5 Å². The molecule has 4 aromatic rings. The Hall–Kier alpha value is -4.13. The van der Waals surface area contributed by atoms with Gasteiger partial charge >= 0.3 is 5.97 Å². The summed E-state index contributed by atoms with van der Waals surface area (Å²) in [6, 6.07) is 20.1. The maximum Gasteiger partial charge on any atom is 0.342 e. The van der Waals surface area contributed by atoms with Crippen LogP contribution in [0.3, 0.4) is 0 Å². The summed E-state index contributed by atoms with van der Waals surface area (Å²) < 4.78 is 13.9. The summed E-state index contributed by atoms with van der Waals surface area (Å²) in [5.41, 5.74) is 2.74. The van der Waals surface area contributed by atoms with Crippen molar-refractivity contribution in [2.45, 2.75) is 0 Å². The number of hydrogen-bond acceptors (Lipinski definition) is 5. The molecule has 156 valence electrons. The molecule has 0 radical (unpaired) electrons. The summed E-state index contributed by atoms with van der Waals surface area (Å²) in [7, 11) is 3.35. The van der Waals surface area contributed by atoms with Crippen LogP contribution in [0, 0.1) is 0 Å². The van der Waals surface area contributed by atoms with Crippen molar-refractivity contribution in [2.75, 3.05) is 13.7 Å². The van der Waals surface area contributed by atoms with Crippen LogP contribution in [0.25, 0.3) is 16.9 Å². The normalized spacial score (nSPS) is 10.6. The molecule has 0 fully saturated rings. The molecule has 0 spiro atoms. The molecule has 7 nitrogen and oxygen atoms in total. The molecule has 0 aliphatic rings. The van der Waals surface area contributed by atoms with Gasteiger partial charge in [0.05, 0.1) is 18.5 Å². The molecule has 0 bridgehead atoms. The molecular weight excluding hydrogens is 394 g/mol. The highest BCUT2D eigenvalue weighted by Gasteiger charge is 2.21. The zero-order chi connectivity index (χ0) is 21.8. The van der Waals surface area contributed by atoms with E-state index in [4.69, 9.17) is 9.47 Å². The third kappa shape index (κ3) is 4.25. The average Bonchev–Trinajstić information content (AvgIpc) is 3.45. The Morgan fingerprint density at radius 2 is 1.71 bits per heavy atom. The number of carbonyl (C=O) groups is 2. The number of aryl methyl sites for hydroxylation is 1. The topological polar surface area (TPSA) is 75.4 Å². The number of ether oxygens (including phenoxy) is 2. The number of Topliss-reactive ketones (excluding diaryl/α,β-unsaturated/α-hetero) is 1. The lowest BCUT2D eigenvalue weighted by atomic mass is 10.1. The van der Waals surface area contributed by atoms with E-state index < -0.39 is 5.97 Å². The third-order valence-electron chi connectivity index (χ3n) is 4.88. The van der Waals surface area contributed by atoms with Gasteiger partial charge in [0.15, 0.2) is 6.61 Å². The minimum Gasteiger partial charge on any atom is -0.497 e. The first-order chi connectivity index (χ1) is 15.1. The minimum absolute atomic E-state index is 0.272. The van der Waals surface area contributed by atoms with Gasteiger partial charge in [-0.3, -0.25) is 4.79 Å². The van der Waals surface area contributed by atoms with Crippen molar-refractivity contribution >= 4 is 11.8 Å². The molecule has 0 aliphatic carbocycles. The Bertz CT molecular complexity index is 1210. The zero-order valence-electron chi connectivity index (χ0n) is 17.2. The second-order valence-electron chi connectivity index (χ2n) is 6.90. The van der Waals surface area contributed by atoms with E-state index in [2.05, 4.69) is 5.10 Å². The molecule has 0 saturated carbocycles. The van der Waals surface area contributed by atoms with Crippen LogP contribution in [0.1, 0.15) is 20.8 Å². The van der Waals surface area contributed by atoms with Crippen LogP contribution in [0.5, 0.6) is 5.75 Å². The molecule has 0 saturated heterocycles. The van der Waals surface area contributed by atoms with Gasteiger partial charge in [0.1, 0.15) is 17.0 Å². The predicted octanol–water partition coefficient (Wildman–Crippen LogP) is 3.93. The van der Waals surface area contributed by atoms with E-state index in [9.17, 15) is 9.59 Å². The number of para-hydroxylation sites is 1. The summed E-state index contributed by atoms with van der Waals surface area (Å²) in [6.07, 6.45) is 3.38. The number of benzene rings is 2. The van der Waals surface area contributed by atoms with Gasteiger partial charge in [0.2, 0.25) is 5.78 Å². The largest absolute Gasteiger partial charge is 0.497 e. The van der Waals surface area contributed by atoms with E-state index in [0.29, 0.717) is 17.1 Å². The summed E-state index contributed by atoms with van der Waals surface area (Å²) in [5, 5.41) is 4.60. The maximum absolute atomic E-state index is 12.9. The fraction of sp³-hybridized carbons (Fsp3) is 0.125. The Balaban J connectivity index is 1.64. The molecule has 0 N–H and O–H groups in total. The monoisotopic (exact) mass is 415 g/mol. The van der Waals surface area contributed by atoms with Crippen molar-refractivity contribution in [3.8, 4) is 22.7 Å². The van der Waals surface area contributed by atoms with Crippen molar-refractivity contribution in [2.24, 2.45) is 7.05 Å². The molecule has 0 amide bonds. The van der Waals surface area contributed by atoms with E-state index in [1.165, 1.54) is 0 Å². The van der Waals surface area contributed by atoms with Gasteiger partial charge in [-0.2, -0.15) is 5.10 Å². The molecule has 4 rings (SSSR count). The molecule has 2 aromatic carbocycles. The smallest absolute Gasteiger partial charge is 0.342 e. The summed E-state index contributed by atoms with van der Waals surface area (Å²) >= 11 is 0. The van der Waals surface area contributed by atoms with Gasteiger partial charge in [0, 0.05) is 25.0 Å².